The van der Waals surface area contributed by atoms with E-state index in [1.807, 2.05) is 16.7 Å². The zero-order valence-electron chi connectivity index (χ0n) is 15.8. The van der Waals surface area contributed by atoms with Gasteiger partial charge in [0.1, 0.15) is 0 Å². The Hall–Kier alpha value is -1.05. The molecule has 0 unspecified atom stereocenters. The van der Waals surface area contributed by atoms with Crippen molar-refractivity contribution in [2.75, 3.05) is 26.2 Å². The highest BCUT2D eigenvalue weighted by Gasteiger charge is 2.31. The molecule has 0 aliphatic carbocycles. The summed E-state index contributed by atoms with van der Waals surface area (Å²) in [6.07, 6.45) is 2.84. The molecule has 0 radical (unpaired) electrons. The number of hydrogen-bond acceptors (Lipinski definition) is 4. The Morgan fingerprint density at radius 1 is 1.08 bits per heavy atom. The molecule has 2 fully saturated rings. The Bertz CT molecular complexity index is 748. The standard InChI is InChI=1S/C19H28N2O3S2/c1-19(2,3)25-16-10-13-20(14-16)18(22)15-6-8-17(9-7-15)26(23,24)21-11-4-5-12-21/h6-9,16H,4-5,10-14H2,1-3H3/t16-/m0/s1. The minimum absolute atomic E-state index is 0.00729. The van der Waals surface area contributed by atoms with Crippen LogP contribution in [0.15, 0.2) is 29.2 Å². The van der Waals surface area contributed by atoms with Crippen molar-refractivity contribution in [3.05, 3.63) is 29.8 Å². The predicted octanol–water partition coefficient (Wildman–Crippen LogP) is 3.22. The van der Waals surface area contributed by atoms with Crippen molar-refractivity contribution in [3.63, 3.8) is 0 Å². The van der Waals surface area contributed by atoms with Gasteiger partial charge < -0.3 is 4.90 Å². The highest BCUT2D eigenvalue weighted by atomic mass is 32.2. The van der Waals surface area contributed by atoms with Crippen LogP contribution in [0.3, 0.4) is 0 Å². The summed E-state index contributed by atoms with van der Waals surface area (Å²) in [6, 6.07) is 6.43. The average Bonchev–Trinajstić information content (AvgIpc) is 3.24. The zero-order valence-corrected chi connectivity index (χ0v) is 17.4. The zero-order chi connectivity index (χ0) is 18.9. The first kappa shape index (κ1) is 19.7. The molecular formula is C19H28N2O3S2. The van der Waals surface area contributed by atoms with E-state index in [-0.39, 0.29) is 15.5 Å². The molecule has 2 aliphatic rings. The maximum Gasteiger partial charge on any atom is 0.253 e. The number of sulfonamides is 1. The lowest BCUT2D eigenvalue weighted by Gasteiger charge is -2.23. The van der Waals surface area contributed by atoms with Gasteiger partial charge >= 0.3 is 0 Å². The van der Waals surface area contributed by atoms with Crippen molar-refractivity contribution in [1.29, 1.82) is 0 Å². The Labute approximate surface area is 161 Å². The number of rotatable bonds is 4. The Kier molecular flexibility index (Phi) is 5.70. The highest BCUT2D eigenvalue weighted by Crippen LogP contribution is 2.33. The Morgan fingerprint density at radius 2 is 1.69 bits per heavy atom. The third-order valence-corrected chi connectivity index (χ3v) is 8.09. The number of carbonyl (C=O) groups excluding carboxylic acids is 1. The van der Waals surface area contributed by atoms with E-state index in [1.54, 1.807) is 24.3 Å². The van der Waals surface area contributed by atoms with Crippen LogP contribution >= 0.6 is 11.8 Å². The van der Waals surface area contributed by atoms with Crippen LogP contribution in [0.5, 0.6) is 0 Å². The van der Waals surface area contributed by atoms with Crippen LogP contribution in [0.1, 0.15) is 50.4 Å². The van der Waals surface area contributed by atoms with Gasteiger partial charge in [0.05, 0.1) is 4.90 Å². The van der Waals surface area contributed by atoms with Crippen molar-refractivity contribution in [1.82, 2.24) is 9.21 Å². The van der Waals surface area contributed by atoms with Crippen LogP contribution in [-0.2, 0) is 10.0 Å². The van der Waals surface area contributed by atoms with Crippen LogP contribution in [0.4, 0.5) is 0 Å². The topological polar surface area (TPSA) is 57.7 Å². The molecule has 1 atom stereocenters. The normalized spacial score (nSPS) is 22.1. The van der Waals surface area contributed by atoms with Crippen LogP contribution in [0.25, 0.3) is 0 Å². The average molecular weight is 397 g/mol. The second-order valence-corrected chi connectivity index (χ2v) is 12.1. The molecule has 0 N–H and O–H groups in total. The number of hydrogen-bond donors (Lipinski definition) is 0. The molecule has 1 aromatic rings. The number of carbonyl (C=O) groups is 1. The van der Waals surface area contributed by atoms with Crippen LogP contribution in [0, 0.1) is 0 Å². The van der Waals surface area contributed by atoms with E-state index in [0.717, 1.165) is 32.4 Å². The molecule has 0 bridgehead atoms. The summed E-state index contributed by atoms with van der Waals surface area (Å²) in [5.41, 5.74) is 0.562. The summed E-state index contributed by atoms with van der Waals surface area (Å²) in [5, 5.41) is 0.466. The molecule has 2 heterocycles. The first-order valence-corrected chi connectivity index (χ1v) is 11.6. The van der Waals surface area contributed by atoms with E-state index >= 15 is 0 Å². The van der Waals surface area contributed by atoms with E-state index in [4.69, 9.17) is 0 Å². The van der Waals surface area contributed by atoms with Crippen LogP contribution in [-0.4, -0.2) is 59.7 Å². The first-order chi connectivity index (χ1) is 12.2. The number of thioether (sulfide) groups is 1. The van der Waals surface area contributed by atoms with E-state index in [1.165, 1.54) is 4.31 Å². The monoisotopic (exact) mass is 396 g/mol. The Morgan fingerprint density at radius 3 is 2.27 bits per heavy atom. The van der Waals surface area contributed by atoms with Crippen molar-refractivity contribution in [2.45, 2.75) is 54.9 Å². The summed E-state index contributed by atoms with van der Waals surface area (Å²) in [7, 11) is -3.42. The van der Waals surface area contributed by atoms with E-state index < -0.39 is 10.0 Å². The summed E-state index contributed by atoms with van der Waals surface area (Å²) in [6.45, 7) is 9.29. The van der Waals surface area contributed by atoms with E-state index in [0.29, 0.717) is 23.9 Å². The lowest BCUT2D eigenvalue weighted by Crippen LogP contribution is -2.30. The van der Waals surface area contributed by atoms with Crippen molar-refractivity contribution in [3.8, 4) is 0 Å². The highest BCUT2D eigenvalue weighted by molar-refractivity contribution is 8.01. The summed E-state index contributed by atoms with van der Waals surface area (Å²) < 4.78 is 26.9. The molecule has 26 heavy (non-hydrogen) atoms. The third-order valence-electron chi connectivity index (χ3n) is 4.76. The maximum absolute atomic E-state index is 12.7. The number of benzene rings is 1. The minimum Gasteiger partial charge on any atom is -0.337 e. The van der Waals surface area contributed by atoms with Gasteiger partial charge in [-0.15, -0.1) is 0 Å². The lowest BCUT2D eigenvalue weighted by atomic mass is 10.2. The molecule has 3 rings (SSSR count). The molecule has 5 nitrogen and oxygen atoms in total. The second-order valence-electron chi connectivity index (χ2n) is 8.03. The fourth-order valence-corrected chi connectivity index (χ4v) is 6.53. The first-order valence-electron chi connectivity index (χ1n) is 9.24. The third kappa shape index (κ3) is 4.43. The molecule has 2 saturated heterocycles. The van der Waals surface area contributed by atoms with E-state index in [9.17, 15) is 13.2 Å². The fourth-order valence-electron chi connectivity index (χ4n) is 3.54. The largest absolute Gasteiger partial charge is 0.337 e. The molecule has 144 valence electrons. The summed E-state index contributed by atoms with van der Waals surface area (Å²) in [4.78, 5) is 14.9. The predicted molar refractivity (Wildman–Crippen MR) is 106 cm³/mol. The SMILES string of the molecule is CC(C)(C)S[C@H]1CCN(C(=O)c2ccc(S(=O)(=O)N3CCCC3)cc2)C1. The van der Waals surface area contributed by atoms with Gasteiger partial charge in [0, 0.05) is 41.7 Å². The molecule has 1 aromatic carbocycles. The van der Waals surface area contributed by atoms with Gasteiger partial charge in [-0.25, -0.2) is 8.42 Å². The van der Waals surface area contributed by atoms with Crippen LogP contribution in [0.2, 0.25) is 0 Å². The fraction of sp³-hybridized carbons (Fsp3) is 0.632. The Balaban J connectivity index is 1.66. The van der Waals surface area contributed by atoms with Gasteiger partial charge in [0.2, 0.25) is 10.0 Å². The molecule has 0 saturated carbocycles. The van der Waals surface area contributed by atoms with Gasteiger partial charge in [-0.2, -0.15) is 16.1 Å². The number of nitrogens with zero attached hydrogens (tertiary/aromatic N) is 2. The van der Waals surface area contributed by atoms with Gasteiger partial charge in [-0.3, -0.25) is 4.79 Å². The van der Waals surface area contributed by atoms with E-state index in [2.05, 4.69) is 20.8 Å². The number of likely N-dealkylation sites (tertiary alicyclic amines) is 1. The van der Waals surface area contributed by atoms with Gasteiger partial charge in [-0.1, -0.05) is 20.8 Å². The smallest absolute Gasteiger partial charge is 0.253 e. The molecule has 1 amide bonds. The molecule has 0 aromatic heterocycles. The molecular weight excluding hydrogens is 368 g/mol. The van der Waals surface area contributed by atoms with Crippen molar-refractivity contribution in [2.24, 2.45) is 0 Å². The van der Waals surface area contributed by atoms with Crippen molar-refractivity contribution < 1.29 is 13.2 Å². The maximum atomic E-state index is 12.7. The van der Waals surface area contributed by atoms with Gasteiger partial charge in [-0.05, 0) is 43.5 Å². The summed E-state index contributed by atoms with van der Waals surface area (Å²) in [5.74, 6) is -0.00729. The van der Waals surface area contributed by atoms with Crippen molar-refractivity contribution >= 4 is 27.7 Å². The van der Waals surface area contributed by atoms with Gasteiger partial charge in [0.25, 0.3) is 5.91 Å². The molecule has 7 heteroatoms. The van der Waals surface area contributed by atoms with Crippen LogP contribution < -0.4 is 0 Å². The minimum atomic E-state index is -3.42. The lowest BCUT2D eigenvalue weighted by molar-refractivity contribution is 0.0793. The molecule has 0 spiro atoms. The summed E-state index contributed by atoms with van der Waals surface area (Å²) >= 11 is 1.92. The number of amides is 1. The molecule has 2 aliphatic heterocycles. The quantitative estimate of drug-likeness (QED) is 0.784. The van der Waals surface area contributed by atoms with Gasteiger partial charge in [0.15, 0.2) is 0 Å². The second kappa shape index (κ2) is 7.52.